The number of nitrogens with two attached hydrogens (primary N) is 1. The van der Waals surface area contributed by atoms with Gasteiger partial charge < -0.3 is 20.4 Å². The van der Waals surface area contributed by atoms with Gasteiger partial charge in [0.2, 0.25) is 0 Å². The van der Waals surface area contributed by atoms with Crippen LogP contribution in [0.3, 0.4) is 0 Å². The summed E-state index contributed by atoms with van der Waals surface area (Å²) in [5, 5.41) is 0. The highest BCUT2D eigenvalue weighted by Crippen LogP contribution is 2.32. The van der Waals surface area contributed by atoms with Crippen LogP contribution in [0.5, 0.6) is 0 Å². The average molecular weight is 487 g/mol. The molecule has 1 amide bonds. The molecule has 4 aromatic heterocycles. The number of carbonyl (C=O) groups is 1. The Labute approximate surface area is 195 Å². The number of rotatable bonds is 5. The van der Waals surface area contributed by atoms with Gasteiger partial charge in [0, 0.05) is 29.7 Å². The van der Waals surface area contributed by atoms with Crippen LogP contribution in [0, 0.1) is 5.82 Å². The third-order valence-corrected chi connectivity index (χ3v) is 5.56. The SMILES string of the molecule is Nc1nc2cc(C(=O)N(Cc3ncccn3)Cc3ncc(C(F)(F)F)cc3F)[nH]c2c2c1COC2. The van der Waals surface area contributed by atoms with Crippen molar-refractivity contribution < 1.29 is 27.1 Å². The summed E-state index contributed by atoms with van der Waals surface area (Å²) in [7, 11) is 0. The maximum Gasteiger partial charge on any atom is 0.417 e. The largest absolute Gasteiger partial charge is 0.417 e. The lowest BCUT2D eigenvalue weighted by Gasteiger charge is -2.21. The first kappa shape index (κ1) is 22.7. The van der Waals surface area contributed by atoms with E-state index in [0.29, 0.717) is 42.3 Å². The molecule has 35 heavy (non-hydrogen) atoms. The van der Waals surface area contributed by atoms with Gasteiger partial charge in [-0.3, -0.25) is 9.78 Å². The normalized spacial score (nSPS) is 13.3. The molecule has 9 nitrogen and oxygen atoms in total. The fraction of sp³-hybridized carbons (Fsp3) is 0.227. The van der Waals surface area contributed by atoms with Crippen molar-refractivity contribution in [2.24, 2.45) is 0 Å². The number of aromatic amines is 1. The van der Waals surface area contributed by atoms with Gasteiger partial charge in [0.1, 0.15) is 23.2 Å². The number of carbonyl (C=O) groups excluding carboxylic acids is 1. The molecule has 5 heterocycles. The topological polar surface area (TPSA) is 123 Å². The van der Waals surface area contributed by atoms with E-state index < -0.39 is 30.0 Å². The van der Waals surface area contributed by atoms with Crippen LogP contribution in [0.1, 0.15) is 38.7 Å². The lowest BCUT2D eigenvalue weighted by atomic mass is 10.1. The molecule has 0 saturated heterocycles. The maximum atomic E-state index is 14.5. The first-order chi connectivity index (χ1) is 16.7. The summed E-state index contributed by atoms with van der Waals surface area (Å²) in [5.74, 6) is -1.22. The number of amides is 1. The summed E-state index contributed by atoms with van der Waals surface area (Å²) < 4.78 is 58.7. The number of hydrogen-bond donors (Lipinski definition) is 2. The van der Waals surface area contributed by atoms with Crippen molar-refractivity contribution >= 4 is 22.8 Å². The molecule has 1 aliphatic rings. The van der Waals surface area contributed by atoms with Crippen LogP contribution in [0.25, 0.3) is 11.0 Å². The highest BCUT2D eigenvalue weighted by molar-refractivity contribution is 5.98. The van der Waals surface area contributed by atoms with Crippen molar-refractivity contribution in [3.8, 4) is 0 Å². The van der Waals surface area contributed by atoms with Crippen LogP contribution >= 0.6 is 0 Å². The van der Waals surface area contributed by atoms with Gasteiger partial charge in [0.05, 0.1) is 48.6 Å². The van der Waals surface area contributed by atoms with Crippen molar-refractivity contribution in [1.82, 2.24) is 29.8 Å². The molecule has 4 aromatic rings. The molecule has 0 fully saturated rings. The molecular weight excluding hydrogens is 470 g/mol. The predicted molar refractivity (Wildman–Crippen MR) is 114 cm³/mol. The van der Waals surface area contributed by atoms with Crippen LogP contribution in [-0.2, 0) is 37.2 Å². The van der Waals surface area contributed by atoms with E-state index in [1.165, 1.54) is 23.4 Å². The third-order valence-electron chi connectivity index (χ3n) is 5.56. The maximum absolute atomic E-state index is 14.5. The number of alkyl halides is 3. The molecule has 0 unspecified atom stereocenters. The van der Waals surface area contributed by atoms with Gasteiger partial charge in [-0.15, -0.1) is 0 Å². The number of hydrogen-bond acceptors (Lipinski definition) is 7. The number of ether oxygens (including phenoxy) is 1. The number of aromatic nitrogens is 5. The minimum atomic E-state index is -4.75. The van der Waals surface area contributed by atoms with E-state index in [1.54, 1.807) is 6.07 Å². The summed E-state index contributed by atoms with van der Waals surface area (Å²) in [4.78, 5) is 33.8. The summed E-state index contributed by atoms with van der Waals surface area (Å²) in [6.45, 7) is 0.0405. The lowest BCUT2D eigenvalue weighted by Crippen LogP contribution is -2.32. The van der Waals surface area contributed by atoms with Crippen LogP contribution in [0.2, 0.25) is 0 Å². The Morgan fingerprint density at radius 1 is 1.11 bits per heavy atom. The molecule has 0 aromatic carbocycles. The summed E-state index contributed by atoms with van der Waals surface area (Å²) in [6, 6.07) is 3.44. The number of nitrogens with zero attached hydrogens (tertiary/aromatic N) is 5. The van der Waals surface area contributed by atoms with Crippen LogP contribution in [0.4, 0.5) is 23.4 Å². The third kappa shape index (κ3) is 4.37. The van der Waals surface area contributed by atoms with Crippen LogP contribution < -0.4 is 5.73 Å². The fourth-order valence-corrected chi connectivity index (χ4v) is 3.83. The van der Waals surface area contributed by atoms with Crippen molar-refractivity contribution in [2.75, 3.05) is 5.73 Å². The zero-order chi connectivity index (χ0) is 24.7. The van der Waals surface area contributed by atoms with Crippen LogP contribution in [-0.4, -0.2) is 35.7 Å². The van der Waals surface area contributed by atoms with E-state index in [0.717, 1.165) is 11.1 Å². The van der Waals surface area contributed by atoms with Gasteiger partial charge >= 0.3 is 6.18 Å². The molecule has 5 rings (SSSR count). The van der Waals surface area contributed by atoms with Gasteiger partial charge in [0.15, 0.2) is 0 Å². The van der Waals surface area contributed by atoms with E-state index >= 15 is 0 Å². The second kappa shape index (κ2) is 8.58. The Morgan fingerprint density at radius 2 is 1.86 bits per heavy atom. The molecule has 0 spiro atoms. The second-order valence-corrected chi connectivity index (χ2v) is 7.87. The van der Waals surface area contributed by atoms with Gasteiger partial charge in [0.25, 0.3) is 5.91 Å². The van der Waals surface area contributed by atoms with Crippen molar-refractivity contribution in [1.29, 1.82) is 0 Å². The molecule has 0 radical (unpaired) electrons. The zero-order valence-corrected chi connectivity index (χ0v) is 17.9. The molecule has 1 aliphatic heterocycles. The molecule has 0 saturated carbocycles. The van der Waals surface area contributed by atoms with Gasteiger partial charge in [-0.25, -0.2) is 19.3 Å². The molecule has 0 aliphatic carbocycles. The Balaban J connectivity index is 1.50. The Bertz CT molecular complexity index is 1420. The first-order valence-corrected chi connectivity index (χ1v) is 10.3. The summed E-state index contributed by atoms with van der Waals surface area (Å²) in [5.41, 5.74) is 7.13. The molecular formula is C22H17F4N7O2. The highest BCUT2D eigenvalue weighted by Gasteiger charge is 2.32. The van der Waals surface area contributed by atoms with Gasteiger partial charge in [-0.05, 0) is 18.2 Å². The van der Waals surface area contributed by atoms with E-state index in [2.05, 4.69) is 24.9 Å². The predicted octanol–water partition coefficient (Wildman–Crippen LogP) is 3.36. The molecule has 3 N–H and O–H groups in total. The van der Waals surface area contributed by atoms with Gasteiger partial charge in [-0.1, -0.05) is 0 Å². The van der Waals surface area contributed by atoms with Crippen molar-refractivity contribution in [2.45, 2.75) is 32.5 Å². The van der Waals surface area contributed by atoms with Crippen molar-refractivity contribution in [3.05, 3.63) is 76.5 Å². The van der Waals surface area contributed by atoms with Gasteiger partial charge in [-0.2, -0.15) is 13.2 Å². The molecule has 0 atom stereocenters. The van der Waals surface area contributed by atoms with E-state index in [4.69, 9.17) is 10.5 Å². The number of H-pyrrole nitrogens is 1. The Hall–Kier alpha value is -4.13. The molecule has 180 valence electrons. The number of fused-ring (bicyclic) bond motifs is 3. The minimum Gasteiger partial charge on any atom is -0.383 e. The Morgan fingerprint density at radius 3 is 2.57 bits per heavy atom. The summed E-state index contributed by atoms with van der Waals surface area (Å²) >= 11 is 0. The number of pyridine rings is 2. The van der Waals surface area contributed by atoms with E-state index in [-0.39, 0.29) is 23.8 Å². The number of anilines is 1. The number of nitrogens with one attached hydrogen (secondary N) is 1. The second-order valence-electron chi connectivity index (χ2n) is 7.87. The minimum absolute atomic E-state index is 0.121. The standard InChI is InChI=1S/C22H17F4N7O2/c23-14-4-11(22(24,25)26)6-30-17(14)7-33(8-18-28-2-1-3-29-18)21(34)16-5-15-19(31-16)12-9-35-10-13(12)20(27)32-15/h1-6,31H,7-10H2,(H2,27,32). The van der Waals surface area contributed by atoms with Crippen molar-refractivity contribution in [3.63, 3.8) is 0 Å². The smallest absolute Gasteiger partial charge is 0.383 e. The Kier molecular flexibility index (Phi) is 5.55. The lowest BCUT2D eigenvalue weighted by molar-refractivity contribution is -0.138. The van der Waals surface area contributed by atoms with Crippen LogP contribution in [0.15, 0.2) is 36.8 Å². The molecule has 13 heteroatoms. The molecule has 0 bridgehead atoms. The highest BCUT2D eigenvalue weighted by atomic mass is 19.4. The first-order valence-electron chi connectivity index (χ1n) is 10.3. The van der Waals surface area contributed by atoms with E-state index in [9.17, 15) is 22.4 Å². The monoisotopic (exact) mass is 487 g/mol. The number of halogens is 4. The fourth-order valence-electron chi connectivity index (χ4n) is 3.83. The number of nitrogen functional groups attached to an aromatic ring is 1. The summed E-state index contributed by atoms with van der Waals surface area (Å²) in [6.07, 6.45) is -1.27. The van der Waals surface area contributed by atoms with E-state index in [1.807, 2.05) is 0 Å². The quantitative estimate of drug-likeness (QED) is 0.414. The average Bonchev–Trinajstić information content (AvgIpc) is 3.47. The zero-order valence-electron chi connectivity index (χ0n) is 17.9.